The van der Waals surface area contributed by atoms with Gasteiger partial charge in [0.25, 0.3) is 0 Å². The predicted octanol–water partition coefficient (Wildman–Crippen LogP) is 4.92. The number of amides is 1. The lowest BCUT2D eigenvalue weighted by molar-refractivity contribution is -0.116. The van der Waals surface area contributed by atoms with Crippen LogP contribution in [0.25, 0.3) is 16.5 Å². The van der Waals surface area contributed by atoms with E-state index >= 15 is 0 Å². The highest BCUT2D eigenvalue weighted by atomic mass is 19.1. The second kappa shape index (κ2) is 7.66. The van der Waals surface area contributed by atoms with Crippen molar-refractivity contribution in [3.8, 4) is 5.75 Å². The average Bonchev–Trinajstić information content (AvgIpc) is 3.02. The molecule has 3 aromatic rings. The molecule has 3 rings (SSSR count). The standard InChI is InChI=1S/C22H22FNO3/c1-13(9-20(25)24-11-16-5-7-17(23)8-6-16)18-10-19-14(2)12-27-22(19)15(3)21(18)26-4/h5-10,12H,11H2,1-4H3,(H,24,25)/b13-9+. The lowest BCUT2D eigenvalue weighted by atomic mass is 9.98. The van der Waals surface area contributed by atoms with E-state index in [1.54, 1.807) is 31.6 Å². The maximum atomic E-state index is 12.9. The number of allylic oxidation sites excluding steroid dienone is 1. The van der Waals surface area contributed by atoms with Gasteiger partial charge in [0.2, 0.25) is 5.91 Å². The number of nitrogens with one attached hydrogen (secondary N) is 1. The Morgan fingerprint density at radius 2 is 1.96 bits per heavy atom. The number of halogens is 1. The monoisotopic (exact) mass is 367 g/mol. The summed E-state index contributed by atoms with van der Waals surface area (Å²) in [7, 11) is 1.61. The normalized spacial score (nSPS) is 11.7. The molecule has 0 saturated heterocycles. The van der Waals surface area contributed by atoms with Crippen LogP contribution in [0.4, 0.5) is 4.39 Å². The molecule has 0 atom stereocenters. The molecule has 0 aliphatic carbocycles. The Labute approximate surface area is 157 Å². The quantitative estimate of drug-likeness (QED) is 0.652. The van der Waals surface area contributed by atoms with Gasteiger partial charge in [-0.25, -0.2) is 4.39 Å². The van der Waals surface area contributed by atoms with Gasteiger partial charge in [-0.2, -0.15) is 0 Å². The van der Waals surface area contributed by atoms with Gasteiger partial charge < -0.3 is 14.5 Å². The van der Waals surface area contributed by atoms with Gasteiger partial charge in [-0.1, -0.05) is 12.1 Å². The molecule has 140 valence electrons. The molecule has 4 nitrogen and oxygen atoms in total. The number of aryl methyl sites for hydroxylation is 2. The second-order valence-corrected chi connectivity index (χ2v) is 6.55. The number of methoxy groups -OCH3 is 1. The van der Waals surface area contributed by atoms with Crippen molar-refractivity contribution in [1.29, 1.82) is 0 Å². The highest BCUT2D eigenvalue weighted by Crippen LogP contribution is 2.37. The second-order valence-electron chi connectivity index (χ2n) is 6.55. The van der Waals surface area contributed by atoms with Crippen LogP contribution in [0, 0.1) is 19.7 Å². The molecule has 0 aliphatic rings. The van der Waals surface area contributed by atoms with E-state index in [4.69, 9.17) is 9.15 Å². The van der Waals surface area contributed by atoms with Crippen LogP contribution in [0.3, 0.4) is 0 Å². The number of rotatable bonds is 5. The van der Waals surface area contributed by atoms with Crippen molar-refractivity contribution < 1.29 is 18.3 Å². The Kier molecular flexibility index (Phi) is 5.31. The van der Waals surface area contributed by atoms with Gasteiger partial charge in [-0.05, 0) is 55.7 Å². The zero-order valence-electron chi connectivity index (χ0n) is 15.9. The fourth-order valence-electron chi connectivity index (χ4n) is 3.11. The van der Waals surface area contributed by atoms with Crippen molar-refractivity contribution in [1.82, 2.24) is 5.32 Å². The first-order chi connectivity index (χ1) is 12.9. The van der Waals surface area contributed by atoms with Gasteiger partial charge in [0.05, 0.1) is 13.4 Å². The molecule has 5 heteroatoms. The third-order valence-electron chi connectivity index (χ3n) is 4.59. The number of ether oxygens (including phenoxy) is 1. The van der Waals surface area contributed by atoms with Crippen LogP contribution < -0.4 is 10.1 Å². The van der Waals surface area contributed by atoms with Crippen LogP contribution in [0.5, 0.6) is 5.75 Å². The molecule has 0 fully saturated rings. The maximum Gasteiger partial charge on any atom is 0.244 e. The summed E-state index contributed by atoms with van der Waals surface area (Å²) in [6.07, 6.45) is 3.26. The SMILES string of the molecule is COc1c(/C(C)=C/C(=O)NCc2ccc(F)cc2)cc2c(C)coc2c1C. The molecule has 1 amide bonds. The smallest absolute Gasteiger partial charge is 0.244 e. The molecule has 1 N–H and O–H groups in total. The first kappa shape index (κ1) is 18.7. The third kappa shape index (κ3) is 3.87. The Hall–Kier alpha value is -3.08. The summed E-state index contributed by atoms with van der Waals surface area (Å²) in [6, 6.07) is 8.03. The first-order valence-electron chi connectivity index (χ1n) is 8.67. The molecule has 0 radical (unpaired) electrons. The van der Waals surface area contributed by atoms with Gasteiger partial charge in [0, 0.05) is 29.1 Å². The van der Waals surface area contributed by atoms with Gasteiger partial charge >= 0.3 is 0 Å². The lowest BCUT2D eigenvalue weighted by Gasteiger charge is -2.13. The minimum absolute atomic E-state index is 0.222. The molecule has 0 spiro atoms. The Morgan fingerprint density at radius 3 is 2.63 bits per heavy atom. The Morgan fingerprint density at radius 1 is 1.26 bits per heavy atom. The highest BCUT2D eigenvalue weighted by molar-refractivity contribution is 5.98. The predicted molar refractivity (Wildman–Crippen MR) is 104 cm³/mol. The van der Waals surface area contributed by atoms with Gasteiger partial charge in [0.1, 0.15) is 17.1 Å². The van der Waals surface area contributed by atoms with E-state index in [2.05, 4.69) is 5.32 Å². The Balaban J connectivity index is 1.85. The van der Waals surface area contributed by atoms with Gasteiger partial charge in [-0.15, -0.1) is 0 Å². The number of fused-ring (bicyclic) bond motifs is 1. The van der Waals surface area contributed by atoms with Crippen LogP contribution in [0.2, 0.25) is 0 Å². The van der Waals surface area contributed by atoms with Gasteiger partial charge in [0.15, 0.2) is 0 Å². The molecule has 2 aromatic carbocycles. The molecule has 1 heterocycles. The number of furan rings is 1. The fourth-order valence-corrected chi connectivity index (χ4v) is 3.11. The molecule has 0 bridgehead atoms. The molecule has 27 heavy (non-hydrogen) atoms. The van der Waals surface area contributed by atoms with Crippen LogP contribution in [-0.2, 0) is 11.3 Å². The van der Waals surface area contributed by atoms with E-state index in [0.29, 0.717) is 12.3 Å². The van der Waals surface area contributed by atoms with E-state index in [9.17, 15) is 9.18 Å². The number of hydrogen-bond acceptors (Lipinski definition) is 3. The third-order valence-corrected chi connectivity index (χ3v) is 4.59. The van der Waals surface area contributed by atoms with E-state index in [1.807, 2.05) is 26.8 Å². The molecule has 1 aromatic heterocycles. The van der Waals surface area contributed by atoms with Crippen LogP contribution in [0.15, 0.2) is 47.1 Å². The molecule has 0 unspecified atom stereocenters. The maximum absolute atomic E-state index is 12.9. The fraction of sp³-hybridized carbons (Fsp3) is 0.227. The zero-order valence-corrected chi connectivity index (χ0v) is 15.9. The summed E-state index contributed by atoms with van der Waals surface area (Å²) in [4.78, 5) is 12.3. The summed E-state index contributed by atoms with van der Waals surface area (Å²) >= 11 is 0. The van der Waals surface area contributed by atoms with Crippen molar-refractivity contribution in [2.24, 2.45) is 0 Å². The minimum Gasteiger partial charge on any atom is -0.496 e. The average molecular weight is 367 g/mol. The van der Waals surface area contributed by atoms with Crippen molar-refractivity contribution in [2.75, 3.05) is 7.11 Å². The molecule has 0 saturated carbocycles. The first-order valence-corrected chi connectivity index (χ1v) is 8.67. The number of benzene rings is 2. The molecular weight excluding hydrogens is 345 g/mol. The van der Waals surface area contributed by atoms with E-state index < -0.39 is 0 Å². The van der Waals surface area contributed by atoms with E-state index in [-0.39, 0.29) is 11.7 Å². The van der Waals surface area contributed by atoms with Crippen molar-refractivity contribution >= 4 is 22.4 Å². The number of carbonyl (C=O) groups excluding carboxylic acids is 1. The zero-order chi connectivity index (χ0) is 19.6. The molecule has 0 aliphatic heterocycles. The topological polar surface area (TPSA) is 51.5 Å². The van der Waals surface area contributed by atoms with Gasteiger partial charge in [-0.3, -0.25) is 4.79 Å². The summed E-state index contributed by atoms with van der Waals surface area (Å²) < 4.78 is 24.1. The van der Waals surface area contributed by atoms with Crippen molar-refractivity contribution in [3.05, 3.63) is 70.7 Å². The molecular formula is C22H22FNO3. The highest BCUT2D eigenvalue weighted by Gasteiger charge is 2.16. The number of carbonyl (C=O) groups is 1. The van der Waals surface area contributed by atoms with Crippen molar-refractivity contribution in [2.45, 2.75) is 27.3 Å². The summed E-state index contributed by atoms with van der Waals surface area (Å²) in [5.74, 6) is 0.172. The van der Waals surface area contributed by atoms with Crippen LogP contribution >= 0.6 is 0 Å². The van der Waals surface area contributed by atoms with Crippen LogP contribution in [0.1, 0.15) is 29.2 Å². The van der Waals surface area contributed by atoms with Crippen molar-refractivity contribution in [3.63, 3.8) is 0 Å². The van der Waals surface area contributed by atoms with Crippen LogP contribution in [-0.4, -0.2) is 13.0 Å². The summed E-state index contributed by atoms with van der Waals surface area (Å²) in [6.45, 7) is 6.13. The minimum atomic E-state index is -0.298. The Bertz CT molecular complexity index is 1020. The van der Waals surface area contributed by atoms with E-state index in [1.165, 1.54) is 12.1 Å². The largest absolute Gasteiger partial charge is 0.496 e. The number of hydrogen-bond donors (Lipinski definition) is 1. The lowest BCUT2D eigenvalue weighted by Crippen LogP contribution is -2.20. The summed E-state index contributed by atoms with van der Waals surface area (Å²) in [5.41, 5.74) is 5.20. The van der Waals surface area contributed by atoms with E-state index in [0.717, 1.165) is 38.8 Å². The summed E-state index contributed by atoms with van der Waals surface area (Å²) in [5, 5.41) is 3.82.